The molecule has 19 heavy (non-hydrogen) atoms. The van der Waals surface area contributed by atoms with Gasteiger partial charge in [0.25, 0.3) is 11.8 Å². The molecule has 0 aliphatic rings. The maximum absolute atomic E-state index is 11.9. The Morgan fingerprint density at radius 1 is 0.789 bits per heavy atom. The summed E-state index contributed by atoms with van der Waals surface area (Å²) in [4.78, 5) is 23.8. The van der Waals surface area contributed by atoms with Crippen LogP contribution in [-0.4, -0.2) is 22.3 Å². The van der Waals surface area contributed by atoms with Crippen LogP contribution in [0.25, 0.3) is 0 Å². The predicted octanol–water partition coefficient (Wildman–Crippen LogP) is 4.27. The zero-order valence-electron chi connectivity index (χ0n) is 10.2. The van der Waals surface area contributed by atoms with Crippen molar-refractivity contribution < 1.29 is 9.59 Å². The van der Waals surface area contributed by atoms with E-state index in [0.29, 0.717) is 0 Å². The molecule has 0 aromatic rings. The lowest BCUT2D eigenvalue weighted by Gasteiger charge is -2.34. The number of hydrogen-bond acceptors (Lipinski definition) is 2. The fraction of sp³-hybridized carbons (Fsp3) is 0.778. The van der Waals surface area contributed by atoms with Crippen LogP contribution >= 0.6 is 95.6 Å². The van der Waals surface area contributed by atoms with E-state index in [4.69, 9.17) is 0 Å². The summed E-state index contributed by atoms with van der Waals surface area (Å²) in [5.74, 6) is -0.728. The Bertz CT molecular complexity index is 327. The fourth-order valence-electron chi connectivity index (χ4n) is 0.895. The van der Waals surface area contributed by atoms with Crippen LogP contribution in [0.1, 0.15) is 20.8 Å². The van der Waals surface area contributed by atoms with Crippen LogP contribution in [0, 0.1) is 5.41 Å². The minimum Gasteiger partial charge on any atom is -0.333 e. The zero-order valence-corrected chi connectivity index (χ0v) is 19.7. The van der Waals surface area contributed by atoms with Crippen LogP contribution in [0.4, 0.5) is 0 Å². The summed E-state index contributed by atoms with van der Waals surface area (Å²) >= 11 is 18.8. The summed E-state index contributed by atoms with van der Waals surface area (Å²) in [5, 5.41) is 5.45. The van der Waals surface area contributed by atoms with Gasteiger partial charge in [0.15, 0.2) is 0 Å². The van der Waals surface area contributed by atoms with E-state index in [0.717, 1.165) is 0 Å². The van der Waals surface area contributed by atoms with Crippen LogP contribution in [0.3, 0.4) is 0 Å². The highest BCUT2D eigenvalue weighted by atomic mass is 80.0. The molecule has 0 radical (unpaired) electrons. The molecule has 2 N–H and O–H groups in total. The molecule has 0 heterocycles. The Kier molecular flexibility index (Phi) is 8.10. The molecule has 0 rings (SSSR count). The summed E-state index contributed by atoms with van der Waals surface area (Å²) in [6, 6.07) is 0. The molecule has 0 unspecified atom stereocenters. The molecule has 0 bridgehead atoms. The maximum Gasteiger partial charge on any atom is 0.260 e. The standard InChI is InChI=1S/C9H12Br6N2O2/c1-7(2,3)4(16-5(18)8(10,11)12)17-6(19)9(13,14)15/h4H,1-3H3,(H,16,18)(H,17,19). The number of nitrogens with one attached hydrogen (secondary N) is 2. The van der Waals surface area contributed by atoms with Gasteiger partial charge in [-0.25, -0.2) is 0 Å². The third kappa shape index (κ3) is 8.13. The van der Waals surface area contributed by atoms with E-state index in [1.807, 2.05) is 20.8 Å². The third-order valence-corrected chi connectivity index (χ3v) is 4.09. The molecular weight excluding hydrogens is 648 g/mol. The van der Waals surface area contributed by atoms with Crippen molar-refractivity contribution in [3.8, 4) is 0 Å². The molecule has 0 aliphatic carbocycles. The molecule has 4 nitrogen and oxygen atoms in total. The molecule has 0 fully saturated rings. The largest absolute Gasteiger partial charge is 0.333 e. The smallest absolute Gasteiger partial charge is 0.260 e. The summed E-state index contributed by atoms with van der Waals surface area (Å²) in [5.41, 5.74) is -0.373. The van der Waals surface area contributed by atoms with Crippen LogP contribution < -0.4 is 10.6 Å². The van der Waals surface area contributed by atoms with Crippen molar-refractivity contribution in [1.82, 2.24) is 10.6 Å². The van der Waals surface area contributed by atoms with Gasteiger partial charge in [-0.2, -0.15) is 0 Å². The van der Waals surface area contributed by atoms with Crippen molar-refractivity contribution >= 4 is 107 Å². The highest BCUT2D eigenvalue weighted by molar-refractivity contribution is 9.40. The van der Waals surface area contributed by atoms with E-state index in [-0.39, 0.29) is 17.2 Å². The SMILES string of the molecule is CC(C)(C)C(NC(=O)C(Br)(Br)Br)NC(=O)C(Br)(Br)Br. The molecule has 10 heteroatoms. The summed E-state index contributed by atoms with van der Waals surface area (Å²) < 4.78 is -2.15. The molecule has 112 valence electrons. The van der Waals surface area contributed by atoms with Crippen LogP contribution in [0.5, 0.6) is 0 Å². The van der Waals surface area contributed by atoms with Crippen molar-refractivity contribution in [2.45, 2.75) is 31.2 Å². The molecule has 0 saturated heterocycles. The maximum atomic E-state index is 11.9. The molecule has 0 saturated carbocycles. The van der Waals surface area contributed by atoms with Crippen molar-refractivity contribution in [2.75, 3.05) is 0 Å². The highest BCUT2D eigenvalue weighted by Crippen LogP contribution is 2.35. The monoisotopic (exact) mass is 654 g/mol. The number of halogens is 6. The summed E-state index contributed by atoms with van der Waals surface area (Å²) in [6.07, 6.45) is -0.563. The van der Waals surface area contributed by atoms with E-state index in [2.05, 4.69) is 106 Å². The molecule has 0 aromatic carbocycles. The van der Waals surface area contributed by atoms with E-state index in [1.54, 1.807) is 0 Å². The van der Waals surface area contributed by atoms with Crippen LogP contribution in [0.2, 0.25) is 0 Å². The van der Waals surface area contributed by atoms with Crippen LogP contribution in [-0.2, 0) is 9.59 Å². The number of rotatable bonds is 2. The first-order chi connectivity index (χ1) is 8.15. The van der Waals surface area contributed by atoms with Gasteiger partial charge in [0.1, 0.15) is 6.17 Å². The lowest BCUT2D eigenvalue weighted by Crippen LogP contribution is -2.58. The third-order valence-electron chi connectivity index (χ3n) is 1.93. The minimum absolute atomic E-state index is 0.364. The second-order valence-corrected chi connectivity index (χ2v) is 18.3. The first kappa shape index (κ1) is 20.8. The van der Waals surface area contributed by atoms with Gasteiger partial charge in [0, 0.05) is 5.41 Å². The number of hydrogen-bond donors (Lipinski definition) is 2. The Morgan fingerprint density at radius 2 is 1.05 bits per heavy atom. The number of carbonyl (C=O) groups excluding carboxylic acids is 2. The molecule has 0 spiro atoms. The Labute approximate surface area is 162 Å². The van der Waals surface area contributed by atoms with Gasteiger partial charge in [-0.15, -0.1) is 0 Å². The normalized spacial score (nSPS) is 13.4. The lowest BCUT2D eigenvalue weighted by atomic mass is 9.92. The van der Waals surface area contributed by atoms with Crippen molar-refractivity contribution in [3.05, 3.63) is 0 Å². The Balaban J connectivity index is 4.98. The van der Waals surface area contributed by atoms with Gasteiger partial charge in [-0.05, 0) is 95.6 Å². The molecular formula is C9H12Br6N2O2. The van der Waals surface area contributed by atoms with Gasteiger partial charge < -0.3 is 10.6 Å². The van der Waals surface area contributed by atoms with E-state index in [9.17, 15) is 9.59 Å². The lowest BCUT2D eigenvalue weighted by molar-refractivity contribution is -0.124. The van der Waals surface area contributed by atoms with Gasteiger partial charge in [0.05, 0.1) is 0 Å². The number of alkyl halides is 6. The summed E-state index contributed by atoms with van der Waals surface area (Å²) in [6.45, 7) is 5.69. The minimum atomic E-state index is -1.07. The fourth-order valence-corrected chi connectivity index (χ4v) is 1.58. The molecule has 0 aliphatic heterocycles. The number of carbonyl (C=O) groups is 2. The Hall–Kier alpha value is 1.82. The first-order valence-corrected chi connectivity index (χ1v) is 9.67. The predicted molar refractivity (Wildman–Crippen MR) is 98.6 cm³/mol. The average molecular weight is 660 g/mol. The second kappa shape index (κ2) is 7.39. The first-order valence-electron chi connectivity index (χ1n) is 4.91. The zero-order chi connectivity index (χ0) is 15.6. The van der Waals surface area contributed by atoms with Crippen LogP contribution in [0.15, 0.2) is 0 Å². The van der Waals surface area contributed by atoms with E-state index >= 15 is 0 Å². The molecule has 0 aromatic heterocycles. The van der Waals surface area contributed by atoms with Gasteiger partial charge in [-0.3, -0.25) is 9.59 Å². The van der Waals surface area contributed by atoms with Crippen molar-refractivity contribution in [1.29, 1.82) is 0 Å². The topological polar surface area (TPSA) is 58.2 Å². The van der Waals surface area contributed by atoms with E-state index < -0.39 is 10.5 Å². The van der Waals surface area contributed by atoms with Gasteiger partial charge >= 0.3 is 0 Å². The van der Waals surface area contributed by atoms with Gasteiger partial charge in [-0.1, -0.05) is 20.8 Å². The van der Waals surface area contributed by atoms with E-state index in [1.165, 1.54) is 0 Å². The molecule has 2 amide bonds. The highest BCUT2D eigenvalue weighted by Gasteiger charge is 2.38. The van der Waals surface area contributed by atoms with Crippen molar-refractivity contribution in [3.63, 3.8) is 0 Å². The van der Waals surface area contributed by atoms with Gasteiger partial charge in [0.2, 0.25) is 4.29 Å². The Morgan fingerprint density at radius 3 is 1.21 bits per heavy atom. The second-order valence-electron chi connectivity index (χ2n) is 4.74. The molecule has 0 atom stereocenters. The average Bonchev–Trinajstić information content (AvgIpc) is 2.11. The quantitative estimate of drug-likeness (QED) is 0.344. The summed E-state index contributed by atoms with van der Waals surface area (Å²) in [7, 11) is 0. The number of amides is 2. The van der Waals surface area contributed by atoms with Crippen molar-refractivity contribution in [2.24, 2.45) is 5.41 Å².